The monoisotopic (exact) mass is 637 g/mol. The molecule has 3 N–H and O–H groups in total. The molecule has 1 unspecified atom stereocenters. The molecule has 12 nitrogen and oxygen atoms in total. The smallest absolute Gasteiger partial charge is 0.310 e. The molecule has 1 saturated heterocycles. The maximum atomic E-state index is 13.6. The third-order valence-electron chi connectivity index (χ3n) is 8.11. The van der Waals surface area contributed by atoms with Crippen LogP contribution in [-0.4, -0.2) is 78.4 Å². The van der Waals surface area contributed by atoms with E-state index in [2.05, 4.69) is 15.6 Å². The number of aliphatic hydroxyl groups is 1. The number of nitrogens with zero attached hydrogens (tertiary/aromatic N) is 3. The van der Waals surface area contributed by atoms with Crippen LogP contribution in [0.2, 0.25) is 0 Å². The third-order valence-corrected chi connectivity index (χ3v) is 8.11. The normalized spacial score (nSPS) is 19.1. The molecular formula is C35H35N5O7. The lowest BCUT2D eigenvalue weighted by Gasteiger charge is -2.28. The molecule has 1 fully saturated rings. The number of carbonyl (C=O) groups excluding carboxylic acids is 4. The van der Waals surface area contributed by atoms with Gasteiger partial charge in [-0.05, 0) is 29.1 Å². The van der Waals surface area contributed by atoms with Crippen molar-refractivity contribution in [3.63, 3.8) is 0 Å². The van der Waals surface area contributed by atoms with Gasteiger partial charge < -0.3 is 35.0 Å². The Kier molecular flexibility index (Phi) is 9.69. The van der Waals surface area contributed by atoms with Crippen molar-refractivity contribution in [2.24, 2.45) is 0 Å². The first-order valence-corrected chi connectivity index (χ1v) is 15.4. The topological polar surface area (TPSA) is 150 Å². The Balaban J connectivity index is 1.22. The summed E-state index contributed by atoms with van der Waals surface area (Å²) in [6.07, 6.45) is 0.472. The lowest BCUT2D eigenvalue weighted by molar-refractivity contribution is -0.168. The summed E-state index contributed by atoms with van der Waals surface area (Å²) in [6, 6.07) is 24.5. The zero-order valence-corrected chi connectivity index (χ0v) is 25.6. The fraction of sp³-hybridized carbons (Fsp3) is 0.286. The Labute approximate surface area is 271 Å². The van der Waals surface area contributed by atoms with E-state index in [0.29, 0.717) is 16.8 Å². The largest absolute Gasteiger partial charge is 0.433 e. The van der Waals surface area contributed by atoms with E-state index < -0.39 is 36.2 Å². The van der Waals surface area contributed by atoms with E-state index in [1.54, 1.807) is 35.4 Å². The minimum Gasteiger partial charge on any atom is -0.433 e. The van der Waals surface area contributed by atoms with Crippen LogP contribution in [-0.2, 0) is 30.5 Å². The molecule has 0 saturated carbocycles. The van der Waals surface area contributed by atoms with E-state index in [1.165, 1.54) is 4.90 Å². The van der Waals surface area contributed by atoms with Crippen LogP contribution >= 0.6 is 0 Å². The Bertz CT molecular complexity index is 1760. The van der Waals surface area contributed by atoms with Crippen molar-refractivity contribution in [1.29, 1.82) is 0 Å². The molecule has 3 heterocycles. The number of hydrogen-bond donors (Lipinski definition) is 3. The molecule has 4 aromatic rings. The highest BCUT2D eigenvalue weighted by molar-refractivity contribution is 6.05. The third kappa shape index (κ3) is 7.40. The van der Waals surface area contributed by atoms with Crippen LogP contribution in [0.15, 0.2) is 91.1 Å². The number of aliphatic hydroxyl groups excluding tert-OH is 1. The number of aromatic nitrogens is 1. The maximum absolute atomic E-state index is 13.6. The minimum absolute atomic E-state index is 0.0397. The number of para-hydroxylation sites is 2. The molecule has 47 heavy (non-hydrogen) atoms. The van der Waals surface area contributed by atoms with E-state index in [0.717, 1.165) is 10.9 Å². The zero-order chi connectivity index (χ0) is 32.8. The number of fused-ring (bicyclic) bond motifs is 2. The fourth-order valence-corrected chi connectivity index (χ4v) is 5.95. The number of esters is 1. The summed E-state index contributed by atoms with van der Waals surface area (Å²) >= 11 is 0. The summed E-state index contributed by atoms with van der Waals surface area (Å²) in [5.41, 5.74) is 2.29. The molecule has 0 aliphatic carbocycles. The van der Waals surface area contributed by atoms with E-state index in [4.69, 9.17) is 9.47 Å². The number of benzene rings is 3. The van der Waals surface area contributed by atoms with Crippen LogP contribution in [0.1, 0.15) is 28.9 Å². The van der Waals surface area contributed by atoms with E-state index in [-0.39, 0.29) is 57.3 Å². The Morgan fingerprint density at radius 3 is 2.47 bits per heavy atom. The second kappa shape index (κ2) is 14.4. The molecule has 0 bridgehead atoms. The van der Waals surface area contributed by atoms with Crippen molar-refractivity contribution in [3.8, 4) is 0 Å². The number of hydrogen-bond acceptors (Lipinski definition) is 9. The van der Waals surface area contributed by atoms with Gasteiger partial charge in [-0.2, -0.15) is 0 Å². The van der Waals surface area contributed by atoms with E-state index in [1.807, 2.05) is 60.7 Å². The van der Waals surface area contributed by atoms with E-state index >= 15 is 0 Å². The SMILES string of the molecule is O=C(CN1C[C@@H](NC(=O)c2nccc3ccccc23)CN(C(=O)CCO)c2ccccc21)N[C@H]1CC(=O)OC1OCc1ccccc1. The number of cyclic esters (lactones) is 1. The van der Waals surface area contributed by atoms with Gasteiger partial charge in [-0.15, -0.1) is 0 Å². The molecule has 242 valence electrons. The molecule has 6 rings (SSSR count). The molecule has 3 amide bonds. The summed E-state index contributed by atoms with van der Waals surface area (Å²) in [4.78, 5) is 60.3. The van der Waals surface area contributed by atoms with Gasteiger partial charge in [-0.3, -0.25) is 24.2 Å². The first kappa shape index (κ1) is 31.6. The quantitative estimate of drug-likeness (QED) is 0.223. The first-order valence-electron chi connectivity index (χ1n) is 15.4. The number of anilines is 2. The maximum Gasteiger partial charge on any atom is 0.310 e. The molecule has 12 heteroatoms. The van der Waals surface area contributed by atoms with Gasteiger partial charge in [-0.25, -0.2) is 0 Å². The Morgan fingerprint density at radius 1 is 0.915 bits per heavy atom. The molecule has 3 atom stereocenters. The lowest BCUT2D eigenvalue weighted by atomic mass is 10.1. The van der Waals surface area contributed by atoms with Gasteiger partial charge in [-0.1, -0.05) is 66.7 Å². The van der Waals surface area contributed by atoms with Crippen molar-refractivity contribution in [2.75, 3.05) is 36.0 Å². The second-order valence-corrected chi connectivity index (χ2v) is 11.4. The number of pyridine rings is 1. The highest BCUT2D eigenvalue weighted by Crippen LogP contribution is 2.33. The second-order valence-electron chi connectivity index (χ2n) is 11.4. The van der Waals surface area contributed by atoms with Gasteiger partial charge in [0.25, 0.3) is 5.91 Å². The molecular weight excluding hydrogens is 602 g/mol. The number of carbonyl (C=O) groups is 4. The number of rotatable bonds is 10. The standard InChI is InChI=1S/C35H35N5O7/c41-17-15-31(43)40-20-25(37-34(45)33-26-11-5-4-10-24(26)14-16-36-33)19-39(28-12-6-7-13-29(28)40)21-30(42)38-27-18-32(44)47-35(27)46-22-23-8-2-1-3-9-23/h1-14,16,25,27,35,41H,15,17-22H2,(H,37,45)(H,38,42)/t25-,27+,35?/m1/s1. The van der Waals surface area contributed by atoms with Crippen molar-refractivity contribution in [1.82, 2.24) is 15.6 Å². The van der Waals surface area contributed by atoms with Gasteiger partial charge in [0.05, 0.1) is 50.0 Å². The molecule has 2 aliphatic heterocycles. The summed E-state index contributed by atoms with van der Waals surface area (Å²) in [7, 11) is 0. The van der Waals surface area contributed by atoms with Crippen LogP contribution < -0.4 is 20.4 Å². The molecule has 1 aromatic heterocycles. The van der Waals surface area contributed by atoms with Crippen molar-refractivity contribution < 1.29 is 33.8 Å². The Hall–Kier alpha value is -5.33. The predicted octanol–water partition coefficient (Wildman–Crippen LogP) is 2.54. The fourth-order valence-electron chi connectivity index (χ4n) is 5.95. The van der Waals surface area contributed by atoms with Crippen LogP contribution in [0.5, 0.6) is 0 Å². The summed E-state index contributed by atoms with van der Waals surface area (Å²) in [5.74, 6) is -1.62. The van der Waals surface area contributed by atoms with Gasteiger partial charge in [0, 0.05) is 24.7 Å². The summed E-state index contributed by atoms with van der Waals surface area (Å²) in [5, 5.41) is 17.0. The van der Waals surface area contributed by atoms with Crippen LogP contribution in [0.4, 0.5) is 11.4 Å². The lowest BCUT2D eigenvalue weighted by Crippen LogP contribution is -2.51. The highest BCUT2D eigenvalue weighted by Gasteiger charge is 2.38. The van der Waals surface area contributed by atoms with Crippen LogP contribution in [0, 0.1) is 0 Å². The minimum atomic E-state index is -0.949. The van der Waals surface area contributed by atoms with Gasteiger partial charge in [0.15, 0.2) is 0 Å². The van der Waals surface area contributed by atoms with E-state index in [9.17, 15) is 24.3 Å². The molecule has 0 radical (unpaired) electrons. The van der Waals surface area contributed by atoms with Crippen LogP contribution in [0.3, 0.4) is 0 Å². The number of amides is 3. The molecule has 2 aliphatic rings. The van der Waals surface area contributed by atoms with Crippen molar-refractivity contribution in [2.45, 2.75) is 37.8 Å². The Morgan fingerprint density at radius 2 is 1.66 bits per heavy atom. The summed E-state index contributed by atoms with van der Waals surface area (Å²) < 4.78 is 11.2. The number of nitrogens with one attached hydrogen (secondary N) is 2. The van der Waals surface area contributed by atoms with Crippen LogP contribution in [0.25, 0.3) is 10.8 Å². The number of ether oxygens (including phenoxy) is 2. The van der Waals surface area contributed by atoms with Crippen molar-refractivity contribution in [3.05, 3.63) is 102 Å². The highest BCUT2D eigenvalue weighted by atomic mass is 16.7. The van der Waals surface area contributed by atoms with Gasteiger partial charge >= 0.3 is 5.97 Å². The first-order chi connectivity index (χ1) is 22.9. The van der Waals surface area contributed by atoms with Gasteiger partial charge in [0.2, 0.25) is 18.1 Å². The molecule has 0 spiro atoms. The summed E-state index contributed by atoms with van der Waals surface area (Å²) in [6.45, 7) is 0.00228. The molecule has 3 aromatic carbocycles. The predicted molar refractivity (Wildman–Crippen MR) is 173 cm³/mol. The van der Waals surface area contributed by atoms with Gasteiger partial charge in [0.1, 0.15) is 11.7 Å². The average molecular weight is 638 g/mol. The average Bonchev–Trinajstić information content (AvgIpc) is 3.35. The zero-order valence-electron chi connectivity index (χ0n) is 25.6. The van der Waals surface area contributed by atoms with Crippen molar-refractivity contribution >= 4 is 45.8 Å².